The first-order valence-electron chi connectivity index (χ1n) is 4.58. The molecule has 0 aliphatic heterocycles. The maximum absolute atomic E-state index is 11.7. The molecule has 0 saturated heterocycles. The molecule has 6 nitrogen and oxygen atoms in total. The third kappa shape index (κ3) is 2.69. The van der Waals surface area contributed by atoms with Crippen LogP contribution in [-0.4, -0.2) is 30.0 Å². The van der Waals surface area contributed by atoms with Gasteiger partial charge >= 0.3 is 0 Å². The Hall–Kier alpha value is -1.08. The normalized spacial score (nSPS) is 13.9. The predicted molar refractivity (Wildman–Crippen MR) is 59.0 cm³/mol. The molecule has 0 aromatic carbocycles. The molecule has 0 radical (unpaired) electrons. The smallest absolute Gasteiger partial charge is 0.236 e. The van der Waals surface area contributed by atoms with Crippen LogP contribution >= 0.6 is 0 Å². The summed E-state index contributed by atoms with van der Waals surface area (Å²) in [6.45, 7) is 3.40. The number of nitrogens with zero attached hydrogens (tertiary/aromatic N) is 2. The summed E-state index contributed by atoms with van der Waals surface area (Å²) < 4.78 is 27.4. The monoisotopic (exact) mass is 232 g/mol. The van der Waals surface area contributed by atoms with Gasteiger partial charge in [0.1, 0.15) is 0 Å². The SMILES string of the molecule is Cc1nn(C)cc1NS(=O)(=O)C(C)CN. The van der Waals surface area contributed by atoms with Gasteiger partial charge in [-0.15, -0.1) is 0 Å². The number of nitrogens with two attached hydrogens (primary N) is 1. The third-order valence-electron chi connectivity index (χ3n) is 2.13. The van der Waals surface area contributed by atoms with E-state index in [-0.39, 0.29) is 6.54 Å². The highest BCUT2D eigenvalue weighted by Crippen LogP contribution is 2.14. The minimum absolute atomic E-state index is 0.0919. The van der Waals surface area contributed by atoms with Crippen LogP contribution in [0.25, 0.3) is 0 Å². The van der Waals surface area contributed by atoms with Gasteiger partial charge in [-0.3, -0.25) is 9.40 Å². The van der Waals surface area contributed by atoms with Gasteiger partial charge < -0.3 is 5.73 Å². The van der Waals surface area contributed by atoms with Crippen LogP contribution in [0.5, 0.6) is 0 Å². The number of nitrogens with one attached hydrogen (secondary N) is 1. The van der Waals surface area contributed by atoms with E-state index < -0.39 is 15.3 Å². The molecule has 7 heteroatoms. The number of hydrogen-bond donors (Lipinski definition) is 2. The number of aromatic nitrogens is 2. The lowest BCUT2D eigenvalue weighted by Gasteiger charge is -2.11. The highest BCUT2D eigenvalue weighted by molar-refractivity contribution is 7.93. The van der Waals surface area contributed by atoms with Gasteiger partial charge in [0.05, 0.1) is 16.6 Å². The van der Waals surface area contributed by atoms with Gasteiger partial charge in [-0.2, -0.15) is 5.10 Å². The zero-order chi connectivity index (χ0) is 11.6. The molecule has 1 heterocycles. The molecule has 1 atom stereocenters. The van der Waals surface area contributed by atoms with E-state index in [1.54, 1.807) is 31.8 Å². The van der Waals surface area contributed by atoms with Gasteiger partial charge in [0.2, 0.25) is 10.0 Å². The van der Waals surface area contributed by atoms with Gasteiger partial charge in [0.15, 0.2) is 0 Å². The van der Waals surface area contributed by atoms with Gasteiger partial charge in [0.25, 0.3) is 0 Å². The Morgan fingerprint density at radius 2 is 2.27 bits per heavy atom. The summed E-state index contributed by atoms with van der Waals surface area (Å²) in [6.07, 6.45) is 1.62. The van der Waals surface area contributed by atoms with Gasteiger partial charge in [0, 0.05) is 19.8 Å². The van der Waals surface area contributed by atoms with E-state index in [2.05, 4.69) is 9.82 Å². The number of aryl methyl sites for hydroxylation is 2. The molecular formula is C8H16N4O2S. The van der Waals surface area contributed by atoms with Crippen molar-refractivity contribution in [1.29, 1.82) is 0 Å². The van der Waals surface area contributed by atoms with Gasteiger partial charge in [-0.1, -0.05) is 0 Å². The molecule has 3 N–H and O–H groups in total. The van der Waals surface area contributed by atoms with Crippen LogP contribution in [0.2, 0.25) is 0 Å². The van der Waals surface area contributed by atoms with Crippen LogP contribution in [0.1, 0.15) is 12.6 Å². The second-order valence-electron chi connectivity index (χ2n) is 3.50. The summed E-state index contributed by atoms with van der Waals surface area (Å²) in [6, 6.07) is 0. The topological polar surface area (TPSA) is 90.0 Å². The molecule has 0 amide bonds. The van der Waals surface area contributed by atoms with Crippen LogP contribution in [0.3, 0.4) is 0 Å². The molecular weight excluding hydrogens is 216 g/mol. The lowest BCUT2D eigenvalue weighted by molar-refractivity contribution is 0.589. The van der Waals surface area contributed by atoms with Crippen molar-refractivity contribution in [3.63, 3.8) is 0 Å². The van der Waals surface area contributed by atoms with Crippen LogP contribution < -0.4 is 10.5 Å². The zero-order valence-corrected chi connectivity index (χ0v) is 9.87. The summed E-state index contributed by atoms with van der Waals surface area (Å²) in [7, 11) is -1.67. The van der Waals surface area contributed by atoms with Gasteiger partial charge in [-0.05, 0) is 13.8 Å². The second-order valence-corrected chi connectivity index (χ2v) is 5.59. The molecule has 0 aliphatic carbocycles. The van der Waals surface area contributed by atoms with Crippen LogP contribution in [0.4, 0.5) is 5.69 Å². The van der Waals surface area contributed by atoms with Crippen molar-refractivity contribution < 1.29 is 8.42 Å². The Kier molecular flexibility index (Phi) is 3.35. The quantitative estimate of drug-likeness (QED) is 0.753. The van der Waals surface area contributed by atoms with Crippen LogP contribution in [0, 0.1) is 6.92 Å². The van der Waals surface area contributed by atoms with Crippen molar-refractivity contribution in [3.05, 3.63) is 11.9 Å². The fraction of sp³-hybridized carbons (Fsp3) is 0.625. The first kappa shape index (κ1) is 12.0. The molecule has 1 unspecified atom stereocenters. The molecule has 0 spiro atoms. The Labute approximate surface area is 89.5 Å². The van der Waals surface area contributed by atoms with Crippen molar-refractivity contribution in [2.24, 2.45) is 12.8 Å². The first-order chi connectivity index (χ1) is 6.86. The van der Waals surface area contributed by atoms with Gasteiger partial charge in [-0.25, -0.2) is 8.42 Å². The fourth-order valence-electron chi connectivity index (χ4n) is 1.08. The molecule has 0 fully saturated rings. The Balaban J connectivity index is 2.91. The largest absolute Gasteiger partial charge is 0.329 e. The van der Waals surface area contributed by atoms with E-state index in [1.165, 1.54) is 0 Å². The van der Waals surface area contributed by atoms with Crippen LogP contribution in [0.15, 0.2) is 6.20 Å². The highest BCUT2D eigenvalue weighted by Gasteiger charge is 2.20. The van der Waals surface area contributed by atoms with Crippen molar-refractivity contribution >= 4 is 15.7 Å². The summed E-state index contributed by atoms with van der Waals surface area (Å²) >= 11 is 0. The van der Waals surface area contributed by atoms with Crippen molar-refractivity contribution in [3.8, 4) is 0 Å². The summed E-state index contributed by atoms with van der Waals surface area (Å²) in [5.41, 5.74) is 6.46. The minimum atomic E-state index is -3.40. The van der Waals surface area contributed by atoms with E-state index in [9.17, 15) is 8.42 Å². The highest BCUT2D eigenvalue weighted by atomic mass is 32.2. The minimum Gasteiger partial charge on any atom is -0.329 e. The molecule has 1 aromatic rings. The van der Waals surface area contributed by atoms with Crippen molar-refractivity contribution in [1.82, 2.24) is 9.78 Å². The zero-order valence-electron chi connectivity index (χ0n) is 9.06. The average Bonchev–Trinajstić information content (AvgIpc) is 2.43. The first-order valence-corrected chi connectivity index (χ1v) is 6.13. The Morgan fingerprint density at radius 1 is 1.67 bits per heavy atom. The molecule has 0 aliphatic rings. The molecule has 86 valence electrons. The van der Waals surface area contributed by atoms with E-state index in [1.807, 2.05) is 0 Å². The van der Waals surface area contributed by atoms with E-state index in [0.717, 1.165) is 0 Å². The standard InChI is InChI=1S/C8H16N4O2S/c1-6(4-9)15(13,14)11-8-5-12(3)10-7(8)2/h5-6,11H,4,9H2,1-3H3. The fourth-order valence-corrected chi connectivity index (χ4v) is 2.04. The molecule has 1 rings (SSSR count). The third-order valence-corrected chi connectivity index (χ3v) is 3.88. The Bertz CT molecular complexity index is 437. The molecule has 15 heavy (non-hydrogen) atoms. The van der Waals surface area contributed by atoms with E-state index in [4.69, 9.17) is 5.73 Å². The van der Waals surface area contributed by atoms with Crippen LogP contribution in [-0.2, 0) is 17.1 Å². The number of rotatable bonds is 4. The van der Waals surface area contributed by atoms with E-state index in [0.29, 0.717) is 11.4 Å². The predicted octanol–water partition coefficient (Wildman–Crippen LogP) is -0.183. The second kappa shape index (κ2) is 4.19. The lowest BCUT2D eigenvalue weighted by Crippen LogP contribution is -2.31. The Morgan fingerprint density at radius 3 is 2.67 bits per heavy atom. The van der Waals surface area contributed by atoms with Crippen molar-refractivity contribution in [2.75, 3.05) is 11.3 Å². The summed E-state index contributed by atoms with van der Waals surface area (Å²) in [5.74, 6) is 0. The summed E-state index contributed by atoms with van der Waals surface area (Å²) in [5, 5.41) is 3.43. The van der Waals surface area contributed by atoms with Crippen molar-refractivity contribution in [2.45, 2.75) is 19.1 Å². The maximum Gasteiger partial charge on any atom is 0.236 e. The molecule has 1 aromatic heterocycles. The number of hydrogen-bond acceptors (Lipinski definition) is 4. The molecule has 0 saturated carbocycles. The average molecular weight is 232 g/mol. The lowest BCUT2D eigenvalue weighted by atomic mass is 10.4. The number of sulfonamides is 1. The van der Waals surface area contributed by atoms with E-state index >= 15 is 0 Å². The molecule has 0 bridgehead atoms. The number of anilines is 1. The summed E-state index contributed by atoms with van der Waals surface area (Å²) in [4.78, 5) is 0. The maximum atomic E-state index is 11.7.